The summed E-state index contributed by atoms with van der Waals surface area (Å²) < 4.78 is 5.30. The first kappa shape index (κ1) is 15.5. The van der Waals surface area contributed by atoms with E-state index in [4.69, 9.17) is 10.6 Å². The molecule has 2 aromatic carbocycles. The van der Waals surface area contributed by atoms with Crippen LogP contribution in [0, 0.1) is 6.92 Å². The van der Waals surface area contributed by atoms with Crippen LogP contribution in [0.3, 0.4) is 0 Å². The van der Waals surface area contributed by atoms with Gasteiger partial charge in [0.15, 0.2) is 0 Å². The highest BCUT2D eigenvalue weighted by molar-refractivity contribution is 5.37. The molecule has 0 radical (unpaired) electrons. The maximum absolute atomic E-state index is 5.72. The van der Waals surface area contributed by atoms with E-state index in [1.54, 1.807) is 7.11 Å². The predicted molar refractivity (Wildman–Crippen MR) is 87.2 cm³/mol. The Morgan fingerprint density at radius 1 is 1.14 bits per heavy atom. The quantitative estimate of drug-likeness (QED) is 0.604. The van der Waals surface area contributed by atoms with Crippen molar-refractivity contribution < 1.29 is 4.74 Å². The minimum Gasteiger partial charge on any atom is -0.496 e. The number of nitrogens with two attached hydrogens (primary N) is 1. The molecule has 0 spiro atoms. The third-order valence-corrected chi connectivity index (χ3v) is 3.82. The van der Waals surface area contributed by atoms with Crippen molar-refractivity contribution in [2.75, 3.05) is 7.11 Å². The highest BCUT2D eigenvalue weighted by Crippen LogP contribution is 2.25. The molecule has 3 nitrogen and oxygen atoms in total. The van der Waals surface area contributed by atoms with Crippen LogP contribution >= 0.6 is 0 Å². The van der Waals surface area contributed by atoms with Crippen LogP contribution in [0.5, 0.6) is 5.75 Å². The topological polar surface area (TPSA) is 47.3 Å². The van der Waals surface area contributed by atoms with Crippen LogP contribution in [0.15, 0.2) is 48.5 Å². The fourth-order valence-corrected chi connectivity index (χ4v) is 2.62. The van der Waals surface area contributed by atoms with Gasteiger partial charge in [0.2, 0.25) is 0 Å². The van der Waals surface area contributed by atoms with Crippen molar-refractivity contribution >= 4 is 0 Å². The zero-order valence-electron chi connectivity index (χ0n) is 12.8. The predicted octanol–water partition coefficient (Wildman–Crippen LogP) is 3.53. The first-order valence-electron chi connectivity index (χ1n) is 7.39. The van der Waals surface area contributed by atoms with Gasteiger partial charge in [-0.3, -0.25) is 11.3 Å². The van der Waals surface area contributed by atoms with Gasteiger partial charge in [-0.15, -0.1) is 0 Å². The fourth-order valence-electron chi connectivity index (χ4n) is 2.62. The maximum Gasteiger partial charge on any atom is 0.121 e. The molecule has 2 rings (SSSR count). The van der Waals surface area contributed by atoms with Crippen molar-refractivity contribution in [3.63, 3.8) is 0 Å². The number of methoxy groups -OCH3 is 1. The highest BCUT2D eigenvalue weighted by atomic mass is 16.5. The molecule has 1 atom stereocenters. The SMILES string of the molecule is COc1ccc(C(CCCc2ccccc2)NN)cc1C. The average Bonchev–Trinajstić information content (AvgIpc) is 2.52. The summed E-state index contributed by atoms with van der Waals surface area (Å²) in [5, 5.41) is 0. The maximum atomic E-state index is 5.72. The number of ether oxygens (including phenoxy) is 1. The largest absolute Gasteiger partial charge is 0.496 e. The second-order valence-corrected chi connectivity index (χ2v) is 5.33. The molecule has 0 aliphatic heterocycles. The number of nitrogens with one attached hydrogen (secondary N) is 1. The molecule has 0 aliphatic carbocycles. The molecule has 112 valence electrons. The van der Waals surface area contributed by atoms with E-state index in [0.717, 1.165) is 30.6 Å². The molecule has 0 aromatic heterocycles. The van der Waals surface area contributed by atoms with Crippen LogP contribution < -0.4 is 16.0 Å². The van der Waals surface area contributed by atoms with Crippen molar-refractivity contribution in [1.29, 1.82) is 0 Å². The summed E-state index contributed by atoms with van der Waals surface area (Å²) in [6, 6.07) is 17.0. The number of hydrogen-bond acceptors (Lipinski definition) is 3. The Balaban J connectivity index is 1.95. The molecule has 0 fully saturated rings. The lowest BCUT2D eigenvalue weighted by molar-refractivity contribution is 0.411. The van der Waals surface area contributed by atoms with Crippen molar-refractivity contribution in [1.82, 2.24) is 5.43 Å². The van der Waals surface area contributed by atoms with Gasteiger partial charge in [-0.25, -0.2) is 0 Å². The molecule has 0 amide bonds. The second kappa shape index (κ2) is 7.81. The van der Waals surface area contributed by atoms with Gasteiger partial charge in [0.05, 0.1) is 7.11 Å². The third kappa shape index (κ3) is 4.31. The minimum absolute atomic E-state index is 0.179. The van der Waals surface area contributed by atoms with Gasteiger partial charge in [-0.1, -0.05) is 42.5 Å². The molecule has 21 heavy (non-hydrogen) atoms. The summed E-state index contributed by atoms with van der Waals surface area (Å²) >= 11 is 0. The van der Waals surface area contributed by atoms with Gasteiger partial charge in [0, 0.05) is 6.04 Å². The lowest BCUT2D eigenvalue weighted by atomic mass is 9.98. The van der Waals surface area contributed by atoms with Crippen molar-refractivity contribution in [3.05, 3.63) is 65.2 Å². The van der Waals surface area contributed by atoms with Gasteiger partial charge >= 0.3 is 0 Å². The smallest absolute Gasteiger partial charge is 0.121 e. The molecule has 3 N–H and O–H groups in total. The summed E-state index contributed by atoms with van der Waals surface area (Å²) in [6.45, 7) is 2.06. The molecular formula is C18H24N2O. The third-order valence-electron chi connectivity index (χ3n) is 3.82. The Kier molecular flexibility index (Phi) is 5.78. The molecule has 0 aliphatic rings. The van der Waals surface area contributed by atoms with E-state index < -0.39 is 0 Å². The zero-order valence-corrected chi connectivity index (χ0v) is 12.8. The van der Waals surface area contributed by atoms with E-state index >= 15 is 0 Å². The van der Waals surface area contributed by atoms with Gasteiger partial charge in [-0.05, 0) is 48.9 Å². The van der Waals surface area contributed by atoms with E-state index in [1.165, 1.54) is 11.1 Å². The van der Waals surface area contributed by atoms with Crippen molar-refractivity contribution in [2.45, 2.75) is 32.2 Å². The van der Waals surface area contributed by atoms with E-state index in [-0.39, 0.29) is 6.04 Å². The summed E-state index contributed by atoms with van der Waals surface area (Å²) in [7, 11) is 1.69. The number of aryl methyl sites for hydroxylation is 2. The number of hydrazine groups is 1. The Hall–Kier alpha value is -1.84. The molecule has 1 unspecified atom stereocenters. The van der Waals surface area contributed by atoms with Gasteiger partial charge in [-0.2, -0.15) is 0 Å². The van der Waals surface area contributed by atoms with Crippen LogP contribution in [0.1, 0.15) is 35.6 Å². The lowest BCUT2D eigenvalue weighted by Crippen LogP contribution is -2.28. The molecule has 0 bridgehead atoms. The Morgan fingerprint density at radius 3 is 2.52 bits per heavy atom. The minimum atomic E-state index is 0.179. The Morgan fingerprint density at radius 2 is 1.90 bits per heavy atom. The molecule has 0 heterocycles. The van der Waals surface area contributed by atoms with Crippen LogP contribution in [0.25, 0.3) is 0 Å². The highest BCUT2D eigenvalue weighted by Gasteiger charge is 2.11. The molecule has 3 heteroatoms. The molecular weight excluding hydrogens is 260 g/mol. The lowest BCUT2D eigenvalue weighted by Gasteiger charge is -2.18. The van der Waals surface area contributed by atoms with E-state index in [1.807, 2.05) is 12.1 Å². The Bertz CT molecular complexity index is 554. The first-order chi connectivity index (χ1) is 10.2. The van der Waals surface area contributed by atoms with Crippen LogP contribution in [0.2, 0.25) is 0 Å². The molecule has 0 saturated carbocycles. The Labute approximate surface area is 127 Å². The second-order valence-electron chi connectivity index (χ2n) is 5.33. The summed E-state index contributed by atoms with van der Waals surface area (Å²) in [5.74, 6) is 6.64. The summed E-state index contributed by atoms with van der Waals surface area (Å²) in [6.07, 6.45) is 3.19. The monoisotopic (exact) mass is 284 g/mol. The average molecular weight is 284 g/mol. The van der Waals surface area contributed by atoms with Crippen LogP contribution in [-0.4, -0.2) is 7.11 Å². The van der Waals surface area contributed by atoms with Crippen molar-refractivity contribution in [2.24, 2.45) is 5.84 Å². The number of benzene rings is 2. The van der Waals surface area contributed by atoms with Gasteiger partial charge < -0.3 is 4.74 Å². The summed E-state index contributed by atoms with van der Waals surface area (Å²) in [5.41, 5.74) is 6.65. The van der Waals surface area contributed by atoms with Crippen molar-refractivity contribution in [3.8, 4) is 5.75 Å². The standard InChI is InChI=1S/C18H24N2O/c1-14-13-16(11-12-18(14)21-2)17(20-19)10-6-9-15-7-4-3-5-8-15/h3-5,7-8,11-13,17,20H,6,9-10,19H2,1-2H3. The van der Waals surface area contributed by atoms with Gasteiger partial charge in [0.25, 0.3) is 0 Å². The van der Waals surface area contributed by atoms with E-state index in [2.05, 4.69) is 48.7 Å². The first-order valence-corrected chi connectivity index (χ1v) is 7.39. The number of rotatable bonds is 7. The number of hydrogen-bond donors (Lipinski definition) is 2. The van der Waals surface area contributed by atoms with E-state index in [9.17, 15) is 0 Å². The van der Waals surface area contributed by atoms with Gasteiger partial charge in [0.1, 0.15) is 5.75 Å². The van der Waals surface area contributed by atoms with Crippen LogP contribution in [0.4, 0.5) is 0 Å². The van der Waals surface area contributed by atoms with E-state index in [0.29, 0.717) is 0 Å². The molecule has 2 aromatic rings. The summed E-state index contributed by atoms with van der Waals surface area (Å²) in [4.78, 5) is 0. The fraction of sp³-hybridized carbons (Fsp3) is 0.333. The zero-order chi connectivity index (χ0) is 15.1. The normalized spacial score (nSPS) is 12.1. The van der Waals surface area contributed by atoms with Crippen LogP contribution in [-0.2, 0) is 6.42 Å². The molecule has 0 saturated heterocycles.